The highest BCUT2D eigenvalue weighted by Gasteiger charge is 2.20. The van der Waals surface area contributed by atoms with Gasteiger partial charge in [-0.3, -0.25) is 0 Å². The molecular formula is C7H16ClNO2. The first-order valence-corrected chi connectivity index (χ1v) is 3.68. The number of nitrogens with one attached hydrogen (secondary N) is 1. The quantitative estimate of drug-likeness (QED) is 0.671. The summed E-state index contributed by atoms with van der Waals surface area (Å²) in [6, 6.07) is 0.374. The van der Waals surface area contributed by atoms with E-state index in [1.807, 2.05) is 0 Å². The Morgan fingerprint density at radius 1 is 1.64 bits per heavy atom. The van der Waals surface area contributed by atoms with E-state index in [0.29, 0.717) is 6.04 Å². The molecule has 1 N–H and O–H groups in total. The predicted octanol–water partition coefficient (Wildman–Crippen LogP) is 0.432. The molecule has 3 nitrogen and oxygen atoms in total. The topological polar surface area (TPSA) is 30.5 Å². The van der Waals surface area contributed by atoms with Crippen molar-refractivity contribution >= 4 is 12.4 Å². The molecule has 0 aromatic carbocycles. The van der Waals surface area contributed by atoms with Gasteiger partial charge in [-0.1, -0.05) is 0 Å². The highest BCUT2D eigenvalue weighted by molar-refractivity contribution is 5.85. The molecule has 1 aliphatic heterocycles. The van der Waals surface area contributed by atoms with Crippen molar-refractivity contribution in [1.82, 2.24) is 5.32 Å². The van der Waals surface area contributed by atoms with Crippen molar-refractivity contribution < 1.29 is 9.47 Å². The van der Waals surface area contributed by atoms with Crippen LogP contribution in [0.1, 0.15) is 6.92 Å². The lowest BCUT2D eigenvalue weighted by Gasteiger charge is -2.29. The van der Waals surface area contributed by atoms with Gasteiger partial charge in [0.15, 0.2) is 0 Å². The standard InChI is InChI=1S/C7H15NO2.ClH/c1-6-7(5-9-2)8-3-4-10-6;/h6-8H,3-5H2,1-2H3;1H/t6-,7?;/m0./s1. The van der Waals surface area contributed by atoms with Gasteiger partial charge in [-0.05, 0) is 6.92 Å². The van der Waals surface area contributed by atoms with E-state index >= 15 is 0 Å². The molecular weight excluding hydrogens is 166 g/mol. The average Bonchev–Trinajstić information content (AvgIpc) is 1.94. The monoisotopic (exact) mass is 181 g/mol. The number of rotatable bonds is 2. The minimum Gasteiger partial charge on any atom is -0.383 e. The van der Waals surface area contributed by atoms with Crippen molar-refractivity contribution in [3.8, 4) is 0 Å². The van der Waals surface area contributed by atoms with E-state index in [4.69, 9.17) is 9.47 Å². The Bertz CT molecular complexity index is 100. The Labute approximate surface area is 73.9 Å². The van der Waals surface area contributed by atoms with Crippen molar-refractivity contribution in [2.75, 3.05) is 26.9 Å². The summed E-state index contributed by atoms with van der Waals surface area (Å²) in [5.74, 6) is 0. The van der Waals surface area contributed by atoms with Crippen LogP contribution in [0, 0.1) is 0 Å². The van der Waals surface area contributed by atoms with Crippen LogP contribution in [0.4, 0.5) is 0 Å². The fraction of sp³-hybridized carbons (Fsp3) is 1.00. The molecule has 4 heteroatoms. The van der Waals surface area contributed by atoms with Crippen LogP contribution in [0.5, 0.6) is 0 Å². The van der Waals surface area contributed by atoms with Gasteiger partial charge >= 0.3 is 0 Å². The first-order chi connectivity index (χ1) is 4.84. The van der Waals surface area contributed by atoms with Crippen LogP contribution < -0.4 is 5.32 Å². The predicted molar refractivity (Wildman–Crippen MR) is 46.3 cm³/mol. The molecule has 0 spiro atoms. The molecule has 0 bridgehead atoms. The van der Waals surface area contributed by atoms with Crippen LogP contribution in [-0.4, -0.2) is 39.0 Å². The number of ether oxygens (including phenoxy) is 2. The summed E-state index contributed by atoms with van der Waals surface area (Å²) in [5, 5.41) is 3.32. The Morgan fingerprint density at radius 2 is 2.36 bits per heavy atom. The molecule has 2 atom stereocenters. The summed E-state index contributed by atoms with van der Waals surface area (Å²) in [4.78, 5) is 0. The van der Waals surface area contributed by atoms with Crippen molar-refractivity contribution in [2.24, 2.45) is 0 Å². The second-order valence-corrected chi connectivity index (χ2v) is 2.59. The summed E-state index contributed by atoms with van der Waals surface area (Å²) >= 11 is 0. The summed E-state index contributed by atoms with van der Waals surface area (Å²) in [7, 11) is 1.71. The Balaban J connectivity index is 0.000001000. The number of methoxy groups -OCH3 is 1. The lowest BCUT2D eigenvalue weighted by atomic mass is 10.2. The molecule has 11 heavy (non-hydrogen) atoms. The highest BCUT2D eigenvalue weighted by Crippen LogP contribution is 2.03. The van der Waals surface area contributed by atoms with Crippen molar-refractivity contribution in [3.05, 3.63) is 0 Å². The fourth-order valence-corrected chi connectivity index (χ4v) is 1.15. The van der Waals surface area contributed by atoms with Gasteiger partial charge in [0.2, 0.25) is 0 Å². The molecule has 1 fully saturated rings. The molecule has 0 radical (unpaired) electrons. The Kier molecular flexibility index (Phi) is 5.86. The van der Waals surface area contributed by atoms with E-state index < -0.39 is 0 Å². The normalized spacial score (nSPS) is 31.1. The SMILES string of the molecule is COCC1NCCO[C@H]1C.Cl. The second-order valence-electron chi connectivity index (χ2n) is 2.59. The van der Waals surface area contributed by atoms with Gasteiger partial charge in [-0.2, -0.15) is 0 Å². The lowest BCUT2D eigenvalue weighted by Crippen LogP contribution is -2.49. The summed E-state index contributed by atoms with van der Waals surface area (Å²) in [6.07, 6.45) is 0.286. The van der Waals surface area contributed by atoms with Crippen molar-refractivity contribution in [2.45, 2.75) is 19.1 Å². The van der Waals surface area contributed by atoms with E-state index in [-0.39, 0.29) is 18.5 Å². The van der Waals surface area contributed by atoms with Crippen LogP contribution in [0.3, 0.4) is 0 Å². The second kappa shape index (κ2) is 5.77. The first kappa shape index (κ1) is 11.2. The van der Waals surface area contributed by atoms with Crippen molar-refractivity contribution in [1.29, 1.82) is 0 Å². The average molecular weight is 182 g/mol. The summed E-state index contributed by atoms with van der Waals surface area (Å²) in [5.41, 5.74) is 0. The smallest absolute Gasteiger partial charge is 0.0723 e. The first-order valence-electron chi connectivity index (χ1n) is 3.68. The van der Waals surface area contributed by atoms with E-state index in [1.54, 1.807) is 7.11 Å². The molecule has 1 aliphatic rings. The van der Waals surface area contributed by atoms with Crippen LogP contribution >= 0.6 is 12.4 Å². The molecule has 0 saturated carbocycles. The summed E-state index contributed by atoms with van der Waals surface area (Å²) < 4.78 is 10.4. The molecule has 1 rings (SSSR count). The minimum absolute atomic E-state index is 0. The molecule has 0 aliphatic carbocycles. The van der Waals surface area contributed by atoms with Gasteiger partial charge in [0.05, 0.1) is 25.4 Å². The number of halogens is 1. The minimum atomic E-state index is 0. The molecule has 1 saturated heterocycles. The lowest BCUT2D eigenvalue weighted by molar-refractivity contribution is -0.0149. The van der Waals surface area contributed by atoms with E-state index in [9.17, 15) is 0 Å². The van der Waals surface area contributed by atoms with E-state index in [0.717, 1.165) is 19.8 Å². The maximum absolute atomic E-state index is 5.40. The van der Waals surface area contributed by atoms with Gasteiger partial charge in [-0.15, -0.1) is 12.4 Å². The summed E-state index contributed by atoms with van der Waals surface area (Å²) in [6.45, 7) is 4.57. The van der Waals surface area contributed by atoms with Gasteiger partial charge in [-0.25, -0.2) is 0 Å². The number of morpholine rings is 1. The third-order valence-corrected chi connectivity index (χ3v) is 1.80. The zero-order chi connectivity index (χ0) is 7.40. The van der Waals surface area contributed by atoms with Gasteiger partial charge in [0, 0.05) is 13.7 Å². The third kappa shape index (κ3) is 3.38. The van der Waals surface area contributed by atoms with E-state index in [1.165, 1.54) is 0 Å². The van der Waals surface area contributed by atoms with Crippen LogP contribution in [0.15, 0.2) is 0 Å². The zero-order valence-corrected chi connectivity index (χ0v) is 7.82. The Morgan fingerprint density at radius 3 is 2.91 bits per heavy atom. The molecule has 0 aromatic rings. The molecule has 0 aromatic heterocycles. The van der Waals surface area contributed by atoms with Crippen LogP contribution in [0.25, 0.3) is 0 Å². The highest BCUT2D eigenvalue weighted by atomic mass is 35.5. The number of hydrogen-bond donors (Lipinski definition) is 1. The Hall–Kier alpha value is 0.170. The molecule has 1 heterocycles. The maximum atomic E-state index is 5.40. The maximum Gasteiger partial charge on any atom is 0.0723 e. The zero-order valence-electron chi connectivity index (χ0n) is 7.00. The number of hydrogen-bond acceptors (Lipinski definition) is 3. The van der Waals surface area contributed by atoms with Crippen molar-refractivity contribution in [3.63, 3.8) is 0 Å². The van der Waals surface area contributed by atoms with Crippen LogP contribution in [-0.2, 0) is 9.47 Å². The van der Waals surface area contributed by atoms with Gasteiger partial charge in [0.1, 0.15) is 0 Å². The van der Waals surface area contributed by atoms with Crippen LogP contribution in [0.2, 0.25) is 0 Å². The van der Waals surface area contributed by atoms with E-state index in [2.05, 4.69) is 12.2 Å². The van der Waals surface area contributed by atoms with Gasteiger partial charge in [0.25, 0.3) is 0 Å². The molecule has 0 amide bonds. The largest absolute Gasteiger partial charge is 0.383 e. The van der Waals surface area contributed by atoms with Gasteiger partial charge < -0.3 is 14.8 Å². The molecule has 68 valence electrons. The molecule has 1 unspecified atom stereocenters. The third-order valence-electron chi connectivity index (χ3n) is 1.80. The fourth-order valence-electron chi connectivity index (χ4n) is 1.15.